The Morgan fingerprint density at radius 1 is 1.30 bits per heavy atom. The van der Waals surface area contributed by atoms with Crippen LogP contribution < -0.4 is 14.8 Å². The van der Waals surface area contributed by atoms with Crippen LogP contribution in [-0.2, 0) is 6.54 Å². The molecule has 0 aromatic heterocycles. The molecule has 0 aliphatic heterocycles. The zero-order valence-electron chi connectivity index (χ0n) is 12.4. The molecule has 0 saturated carbocycles. The number of benzene rings is 1. The third kappa shape index (κ3) is 5.55. The van der Waals surface area contributed by atoms with Crippen LogP contribution in [0.25, 0.3) is 0 Å². The zero-order chi connectivity index (χ0) is 14.8. The second kappa shape index (κ2) is 9.83. The van der Waals surface area contributed by atoms with Gasteiger partial charge in [-0.25, -0.2) is 0 Å². The summed E-state index contributed by atoms with van der Waals surface area (Å²) in [5.74, 6) is 1.56. The number of hydrogen-bond donors (Lipinski definition) is 1. The van der Waals surface area contributed by atoms with Crippen LogP contribution in [0.3, 0.4) is 0 Å². The van der Waals surface area contributed by atoms with Gasteiger partial charge in [-0.1, -0.05) is 6.08 Å². The van der Waals surface area contributed by atoms with Crippen molar-refractivity contribution in [3.8, 4) is 11.5 Å². The van der Waals surface area contributed by atoms with Crippen molar-refractivity contribution in [2.75, 3.05) is 20.8 Å². The first kappa shape index (κ1) is 17.1. The van der Waals surface area contributed by atoms with Gasteiger partial charge >= 0.3 is 0 Å². The van der Waals surface area contributed by atoms with Crippen LogP contribution in [0.5, 0.6) is 11.5 Å². The fraction of sp³-hybridized carbons (Fsp3) is 0.500. The van der Waals surface area contributed by atoms with E-state index in [2.05, 4.69) is 33.9 Å². The van der Waals surface area contributed by atoms with Crippen LogP contribution in [0.1, 0.15) is 31.2 Å². The fourth-order valence-corrected chi connectivity index (χ4v) is 2.57. The molecule has 4 heteroatoms. The highest BCUT2D eigenvalue weighted by atomic mass is 79.9. The third-order valence-corrected chi connectivity index (χ3v) is 3.56. The number of nitrogens with one attached hydrogen (secondary N) is 1. The molecule has 0 spiro atoms. The summed E-state index contributed by atoms with van der Waals surface area (Å²) in [4.78, 5) is 0. The molecule has 0 atom stereocenters. The van der Waals surface area contributed by atoms with E-state index in [9.17, 15) is 0 Å². The maximum absolute atomic E-state index is 5.85. The van der Waals surface area contributed by atoms with Gasteiger partial charge in [0.1, 0.15) is 0 Å². The Labute approximate surface area is 130 Å². The van der Waals surface area contributed by atoms with Crippen molar-refractivity contribution < 1.29 is 9.47 Å². The molecule has 0 heterocycles. The van der Waals surface area contributed by atoms with Crippen molar-refractivity contribution in [1.82, 2.24) is 5.32 Å². The number of rotatable bonds is 10. The standard InChI is InChI=1S/C16H24BrNO2/c1-4-5-6-7-8-9-20-16-14(17)10-13(12-18-2)11-15(16)19-3/h4,10-11,18H,1,5-9,12H2,2-3H3. The van der Waals surface area contributed by atoms with Crippen molar-refractivity contribution in [1.29, 1.82) is 0 Å². The quantitative estimate of drug-likeness (QED) is 0.508. The Bertz CT molecular complexity index is 421. The second-order valence-electron chi connectivity index (χ2n) is 4.63. The molecule has 0 saturated heterocycles. The van der Waals surface area contributed by atoms with Gasteiger partial charge in [-0.05, 0) is 66.4 Å². The van der Waals surface area contributed by atoms with E-state index in [1.54, 1.807) is 7.11 Å². The molecule has 0 aliphatic carbocycles. The van der Waals surface area contributed by atoms with E-state index in [-0.39, 0.29) is 0 Å². The smallest absolute Gasteiger partial charge is 0.175 e. The van der Waals surface area contributed by atoms with Gasteiger partial charge in [0.15, 0.2) is 11.5 Å². The summed E-state index contributed by atoms with van der Waals surface area (Å²) >= 11 is 3.56. The van der Waals surface area contributed by atoms with Gasteiger partial charge in [0.05, 0.1) is 18.2 Å². The SMILES string of the molecule is C=CCCCCCOc1c(Br)cc(CNC)cc1OC. The Morgan fingerprint density at radius 3 is 2.75 bits per heavy atom. The lowest BCUT2D eigenvalue weighted by Crippen LogP contribution is -2.06. The van der Waals surface area contributed by atoms with Gasteiger partial charge in [0, 0.05) is 6.54 Å². The molecule has 0 bridgehead atoms. The molecule has 1 rings (SSSR count). The number of allylic oxidation sites excluding steroid dienone is 1. The largest absolute Gasteiger partial charge is 0.493 e. The zero-order valence-corrected chi connectivity index (χ0v) is 14.0. The summed E-state index contributed by atoms with van der Waals surface area (Å²) in [7, 11) is 3.59. The van der Waals surface area contributed by atoms with Crippen LogP contribution in [0, 0.1) is 0 Å². The number of halogens is 1. The predicted octanol–water partition coefficient (Wildman–Crippen LogP) is 4.30. The van der Waals surface area contributed by atoms with E-state index < -0.39 is 0 Å². The monoisotopic (exact) mass is 341 g/mol. The van der Waals surface area contributed by atoms with Gasteiger partial charge < -0.3 is 14.8 Å². The van der Waals surface area contributed by atoms with E-state index in [0.717, 1.165) is 47.3 Å². The van der Waals surface area contributed by atoms with Crippen LogP contribution in [0.4, 0.5) is 0 Å². The summed E-state index contributed by atoms with van der Waals surface area (Å²) in [6.07, 6.45) is 6.41. The summed E-state index contributed by atoms with van der Waals surface area (Å²) in [5.41, 5.74) is 1.16. The average molecular weight is 342 g/mol. The normalized spacial score (nSPS) is 10.3. The molecular formula is C16H24BrNO2. The number of methoxy groups -OCH3 is 1. The average Bonchev–Trinajstić information content (AvgIpc) is 2.44. The van der Waals surface area contributed by atoms with Crippen LogP contribution in [0.2, 0.25) is 0 Å². The van der Waals surface area contributed by atoms with Crippen molar-refractivity contribution >= 4 is 15.9 Å². The van der Waals surface area contributed by atoms with E-state index in [4.69, 9.17) is 9.47 Å². The molecule has 0 fully saturated rings. The molecule has 1 aromatic rings. The summed E-state index contributed by atoms with van der Waals surface area (Å²) in [5, 5.41) is 3.13. The van der Waals surface area contributed by atoms with Gasteiger partial charge in [0.25, 0.3) is 0 Å². The lowest BCUT2D eigenvalue weighted by molar-refractivity contribution is 0.283. The fourth-order valence-electron chi connectivity index (χ4n) is 1.96. The maximum Gasteiger partial charge on any atom is 0.175 e. The van der Waals surface area contributed by atoms with Gasteiger partial charge in [-0.2, -0.15) is 0 Å². The van der Waals surface area contributed by atoms with E-state index in [1.165, 1.54) is 6.42 Å². The highest BCUT2D eigenvalue weighted by Gasteiger charge is 2.11. The van der Waals surface area contributed by atoms with Crippen molar-refractivity contribution in [2.24, 2.45) is 0 Å². The number of ether oxygens (including phenoxy) is 2. The summed E-state index contributed by atoms with van der Waals surface area (Å²) in [6.45, 7) is 5.23. The van der Waals surface area contributed by atoms with E-state index in [0.29, 0.717) is 6.61 Å². The first-order valence-corrected chi connectivity index (χ1v) is 7.77. The van der Waals surface area contributed by atoms with E-state index >= 15 is 0 Å². The summed E-state index contributed by atoms with van der Waals surface area (Å²) < 4.78 is 12.2. The van der Waals surface area contributed by atoms with Gasteiger partial charge in [-0.3, -0.25) is 0 Å². The first-order chi connectivity index (χ1) is 9.72. The van der Waals surface area contributed by atoms with Crippen molar-refractivity contribution in [3.05, 3.63) is 34.8 Å². The van der Waals surface area contributed by atoms with Crippen LogP contribution in [-0.4, -0.2) is 20.8 Å². The molecule has 1 aromatic carbocycles. The minimum Gasteiger partial charge on any atom is -0.493 e. The Hall–Kier alpha value is -1.00. The number of unbranched alkanes of at least 4 members (excludes halogenated alkanes) is 3. The minimum absolute atomic E-state index is 0.706. The molecule has 0 aliphatic rings. The van der Waals surface area contributed by atoms with Crippen molar-refractivity contribution in [2.45, 2.75) is 32.2 Å². The van der Waals surface area contributed by atoms with E-state index in [1.807, 2.05) is 19.2 Å². The molecule has 0 amide bonds. The lowest BCUT2D eigenvalue weighted by Gasteiger charge is -2.14. The van der Waals surface area contributed by atoms with Gasteiger partial charge in [0.2, 0.25) is 0 Å². The number of hydrogen-bond acceptors (Lipinski definition) is 3. The first-order valence-electron chi connectivity index (χ1n) is 6.97. The lowest BCUT2D eigenvalue weighted by atomic mass is 10.2. The molecule has 20 heavy (non-hydrogen) atoms. The Morgan fingerprint density at radius 2 is 2.10 bits per heavy atom. The molecule has 1 N–H and O–H groups in total. The highest BCUT2D eigenvalue weighted by molar-refractivity contribution is 9.10. The predicted molar refractivity (Wildman–Crippen MR) is 87.6 cm³/mol. The molecule has 112 valence electrons. The molecule has 0 radical (unpaired) electrons. The molecule has 3 nitrogen and oxygen atoms in total. The van der Waals surface area contributed by atoms with Crippen molar-refractivity contribution in [3.63, 3.8) is 0 Å². The third-order valence-electron chi connectivity index (χ3n) is 2.97. The van der Waals surface area contributed by atoms with Crippen LogP contribution >= 0.6 is 15.9 Å². The Kier molecular flexibility index (Phi) is 8.38. The highest BCUT2D eigenvalue weighted by Crippen LogP contribution is 2.36. The maximum atomic E-state index is 5.85. The topological polar surface area (TPSA) is 30.5 Å². The summed E-state index contributed by atoms with van der Waals surface area (Å²) in [6, 6.07) is 4.07. The Balaban J connectivity index is 2.57. The molecule has 0 unspecified atom stereocenters. The second-order valence-corrected chi connectivity index (χ2v) is 5.48. The van der Waals surface area contributed by atoms with Crippen LogP contribution in [0.15, 0.2) is 29.3 Å². The van der Waals surface area contributed by atoms with Gasteiger partial charge in [-0.15, -0.1) is 6.58 Å². The molecular weight excluding hydrogens is 318 g/mol. The minimum atomic E-state index is 0.706.